The fourth-order valence-corrected chi connectivity index (χ4v) is 2.81. The molecule has 0 unspecified atom stereocenters. The summed E-state index contributed by atoms with van der Waals surface area (Å²) < 4.78 is 16.8. The van der Waals surface area contributed by atoms with E-state index in [-0.39, 0.29) is 6.61 Å². The Bertz CT molecular complexity index is 618. The van der Waals surface area contributed by atoms with Crippen LogP contribution in [0.25, 0.3) is 0 Å². The Labute approximate surface area is 147 Å². The molecule has 0 bridgehead atoms. The third-order valence-electron chi connectivity index (χ3n) is 4.24. The van der Waals surface area contributed by atoms with Gasteiger partial charge in [-0.1, -0.05) is 60.7 Å². The van der Waals surface area contributed by atoms with E-state index in [4.69, 9.17) is 14.2 Å². The predicted octanol–water partition coefficient (Wildman–Crippen LogP) is 2.26. The highest BCUT2D eigenvalue weighted by molar-refractivity contribution is 5.14. The van der Waals surface area contributed by atoms with Crippen molar-refractivity contribution in [1.29, 1.82) is 0 Å². The minimum absolute atomic E-state index is 0.221. The molecule has 0 amide bonds. The number of ether oxygens (including phenoxy) is 3. The number of aliphatic hydroxyl groups excluding tert-OH is 2. The van der Waals surface area contributed by atoms with Crippen molar-refractivity contribution in [3.8, 4) is 0 Å². The smallest absolute Gasteiger partial charge is 0.181 e. The molecular formula is C20H24O5. The van der Waals surface area contributed by atoms with Crippen LogP contribution in [0, 0.1) is 0 Å². The molecule has 5 nitrogen and oxygen atoms in total. The van der Waals surface area contributed by atoms with Crippen LogP contribution in [0.15, 0.2) is 60.7 Å². The number of hydrogen-bond acceptors (Lipinski definition) is 5. The molecule has 0 aromatic heterocycles. The zero-order valence-corrected chi connectivity index (χ0v) is 14.0. The van der Waals surface area contributed by atoms with Gasteiger partial charge in [-0.25, -0.2) is 0 Å². The van der Waals surface area contributed by atoms with Crippen LogP contribution in [-0.2, 0) is 27.4 Å². The Morgan fingerprint density at radius 3 is 2.12 bits per heavy atom. The summed E-state index contributed by atoms with van der Waals surface area (Å²) in [7, 11) is 0. The molecule has 1 aliphatic heterocycles. The lowest BCUT2D eigenvalue weighted by Crippen LogP contribution is -2.49. The first-order valence-electron chi connectivity index (χ1n) is 8.51. The largest absolute Gasteiger partial charge is 0.390 e. The first-order valence-corrected chi connectivity index (χ1v) is 8.51. The molecule has 5 heteroatoms. The van der Waals surface area contributed by atoms with E-state index < -0.39 is 24.6 Å². The Hall–Kier alpha value is -1.76. The van der Waals surface area contributed by atoms with Gasteiger partial charge in [0.05, 0.1) is 25.9 Å². The van der Waals surface area contributed by atoms with E-state index in [1.54, 1.807) is 0 Å². The maximum Gasteiger partial charge on any atom is 0.181 e. The molecule has 0 radical (unpaired) electrons. The van der Waals surface area contributed by atoms with Gasteiger partial charge in [-0.2, -0.15) is 0 Å². The van der Waals surface area contributed by atoms with Crippen molar-refractivity contribution in [2.45, 2.75) is 44.2 Å². The molecule has 1 aliphatic rings. The zero-order valence-electron chi connectivity index (χ0n) is 14.0. The Morgan fingerprint density at radius 1 is 0.880 bits per heavy atom. The topological polar surface area (TPSA) is 68.2 Å². The number of hydrogen-bond donors (Lipinski definition) is 2. The van der Waals surface area contributed by atoms with Crippen molar-refractivity contribution >= 4 is 0 Å². The summed E-state index contributed by atoms with van der Waals surface area (Å²) in [6.45, 7) is 1.03. The molecule has 2 N–H and O–H groups in total. The molecular weight excluding hydrogens is 320 g/mol. The first-order chi connectivity index (χ1) is 12.2. The third-order valence-corrected chi connectivity index (χ3v) is 4.24. The van der Waals surface area contributed by atoms with E-state index >= 15 is 0 Å². The Kier molecular flexibility index (Phi) is 6.55. The maximum absolute atomic E-state index is 10.3. The van der Waals surface area contributed by atoms with Crippen LogP contribution in [0.2, 0.25) is 0 Å². The molecule has 2 aromatic carbocycles. The monoisotopic (exact) mass is 344 g/mol. The Morgan fingerprint density at radius 2 is 1.48 bits per heavy atom. The highest BCUT2D eigenvalue weighted by Crippen LogP contribution is 2.23. The molecule has 3 rings (SSSR count). The summed E-state index contributed by atoms with van der Waals surface area (Å²) in [4.78, 5) is 0. The Balaban J connectivity index is 1.43. The van der Waals surface area contributed by atoms with Crippen molar-refractivity contribution < 1.29 is 24.4 Å². The first kappa shape index (κ1) is 18.0. The maximum atomic E-state index is 10.3. The highest BCUT2D eigenvalue weighted by Gasteiger charge is 2.37. The van der Waals surface area contributed by atoms with E-state index in [0.717, 1.165) is 11.1 Å². The van der Waals surface area contributed by atoms with Crippen molar-refractivity contribution in [2.24, 2.45) is 0 Å². The van der Waals surface area contributed by atoms with Crippen molar-refractivity contribution in [2.75, 3.05) is 6.61 Å². The summed E-state index contributed by atoms with van der Waals surface area (Å²) in [5.41, 5.74) is 2.06. The molecule has 1 fully saturated rings. The molecule has 2 aromatic rings. The van der Waals surface area contributed by atoms with Crippen molar-refractivity contribution in [3.63, 3.8) is 0 Å². The summed E-state index contributed by atoms with van der Waals surface area (Å²) in [5.74, 6) is 0. The van der Waals surface area contributed by atoms with Gasteiger partial charge in [0.25, 0.3) is 0 Å². The highest BCUT2D eigenvalue weighted by atomic mass is 16.7. The molecule has 0 saturated carbocycles. The summed E-state index contributed by atoms with van der Waals surface area (Å²) in [6.07, 6.45) is -2.61. The number of rotatable bonds is 7. The van der Waals surface area contributed by atoms with Crippen molar-refractivity contribution in [3.05, 3.63) is 71.8 Å². The SMILES string of the molecule is O[C@@H]1C[C@@H](OCc2ccccc2)[C@H](O)O[C@H]1COCc1ccccc1. The van der Waals surface area contributed by atoms with Gasteiger partial charge in [-0.15, -0.1) is 0 Å². The van der Waals surface area contributed by atoms with E-state index in [9.17, 15) is 10.2 Å². The standard InChI is InChI=1S/C20H24O5/c21-17-11-18(24-13-16-9-5-2-6-10-16)20(22)25-19(17)14-23-12-15-7-3-1-4-8-15/h1-10,17-22H,11-14H2/t17-,18-,19+,20-/m1/s1. The van der Waals surface area contributed by atoms with E-state index in [0.29, 0.717) is 19.6 Å². The van der Waals surface area contributed by atoms with Crippen LogP contribution >= 0.6 is 0 Å². The second kappa shape index (κ2) is 9.08. The van der Waals surface area contributed by atoms with Crippen molar-refractivity contribution in [1.82, 2.24) is 0 Å². The molecule has 25 heavy (non-hydrogen) atoms. The minimum Gasteiger partial charge on any atom is -0.390 e. The average Bonchev–Trinajstić information content (AvgIpc) is 2.65. The summed E-state index contributed by atoms with van der Waals surface area (Å²) in [5, 5.41) is 20.4. The van der Waals surface area contributed by atoms with E-state index in [1.165, 1.54) is 0 Å². The van der Waals surface area contributed by atoms with Gasteiger partial charge in [0, 0.05) is 6.42 Å². The van der Waals surface area contributed by atoms with Crippen LogP contribution in [-0.4, -0.2) is 41.4 Å². The minimum atomic E-state index is -1.07. The van der Waals surface area contributed by atoms with Gasteiger partial charge in [-0.05, 0) is 11.1 Å². The van der Waals surface area contributed by atoms with E-state index in [2.05, 4.69) is 0 Å². The van der Waals surface area contributed by atoms with Crippen LogP contribution < -0.4 is 0 Å². The van der Waals surface area contributed by atoms with Gasteiger partial charge in [-0.3, -0.25) is 0 Å². The van der Waals surface area contributed by atoms with Gasteiger partial charge in [0.15, 0.2) is 6.29 Å². The van der Waals surface area contributed by atoms with Crippen LogP contribution in [0.3, 0.4) is 0 Å². The average molecular weight is 344 g/mol. The lowest BCUT2D eigenvalue weighted by Gasteiger charge is -2.36. The van der Waals surface area contributed by atoms with Gasteiger partial charge in [0.2, 0.25) is 0 Å². The van der Waals surface area contributed by atoms with Crippen LogP contribution in [0.4, 0.5) is 0 Å². The fourth-order valence-electron chi connectivity index (χ4n) is 2.81. The second-order valence-electron chi connectivity index (χ2n) is 6.20. The second-order valence-corrected chi connectivity index (χ2v) is 6.20. The molecule has 0 aliphatic carbocycles. The fraction of sp³-hybridized carbons (Fsp3) is 0.400. The summed E-state index contributed by atoms with van der Waals surface area (Å²) in [6, 6.07) is 19.5. The summed E-state index contributed by atoms with van der Waals surface area (Å²) >= 11 is 0. The lowest BCUT2D eigenvalue weighted by molar-refractivity contribution is -0.266. The number of aliphatic hydroxyl groups is 2. The zero-order chi connectivity index (χ0) is 17.5. The molecule has 134 valence electrons. The van der Waals surface area contributed by atoms with Gasteiger partial charge < -0.3 is 24.4 Å². The molecule has 0 spiro atoms. The predicted molar refractivity (Wildman–Crippen MR) is 92.6 cm³/mol. The molecule has 1 heterocycles. The molecule has 4 atom stereocenters. The lowest BCUT2D eigenvalue weighted by atomic mass is 10.0. The van der Waals surface area contributed by atoms with Crippen LogP contribution in [0.5, 0.6) is 0 Å². The van der Waals surface area contributed by atoms with Gasteiger partial charge >= 0.3 is 0 Å². The normalized spacial score (nSPS) is 26.5. The van der Waals surface area contributed by atoms with E-state index in [1.807, 2.05) is 60.7 Å². The van der Waals surface area contributed by atoms with Crippen LogP contribution in [0.1, 0.15) is 17.5 Å². The third kappa shape index (κ3) is 5.36. The molecule has 1 saturated heterocycles. The quantitative estimate of drug-likeness (QED) is 0.806. The number of benzene rings is 2. The van der Waals surface area contributed by atoms with Gasteiger partial charge in [0.1, 0.15) is 12.2 Å².